The zero-order chi connectivity index (χ0) is 17.0. The molecule has 1 saturated heterocycles. The molecule has 1 aliphatic rings. The Morgan fingerprint density at radius 3 is 2.05 bits per heavy atom. The fraction of sp³-hybridized carbons (Fsp3) is 0.812. The van der Waals surface area contributed by atoms with E-state index in [1.165, 1.54) is 13.8 Å². The Hall–Kier alpha value is -1.59. The van der Waals surface area contributed by atoms with Gasteiger partial charge in [-0.05, 0) is 34.1 Å². The van der Waals surface area contributed by atoms with E-state index in [2.05, 4.69) is 0 Å². The molecule has 6 heteroatoms. The summed E-state index contributed by atoms with van der Waals surface area (Å²) in [7, 11) is 0. The van der Waals surface area contributed by atoms with Crippen molar-refractivity contribution in [1.82, 2.24) is 4.90 Å². The number of esters is 1. The lowest BCUT2D eigenvalue weighted by atomic mass is 9.86. The highest BCUT2D eigenvalue weighted by Gasteiger charge is 2.39. The van der Waals surface area contributed by atoms with Crippen molar-refractivity contribution in [1.29, 1.82) is 0 Å². The second-order valence-corrected chi connectivity index (χ2v) is 6.95. The molecule has 1 aliphatic heterocycles. The van der Waals surface area contributed by atoms with Crippen LogP contribution in [0.2, 0.25) is 0 Å². The molecule has 0 atom stereocenters. The Bertz CT molecular complexity index is 430. The molecule has 22 heavy (non-hydrogen) atoms. The quantitative estimate of drug-likeness (QED) is 0.746. The third kappa shape index (κ3) is 6.03. The van der Waals surface area contributed by atoms with Gasteiger partial charge in [0.05, 0.1) is 0 Å². The van der Waals surface area contributed by atoms with E-state index in [1.54, 1.807) is 4.90 Å². The van der Waals surface area contributed by atoms with Gasteiger partial charge in [0, 0.05) is 39.3 Å². The molecule has 0 saturated carbocycles. The van der Waals surface area contributed by atoms with Crippen molar-refractivity contribution in [3.63, 3.8) is 0 Å². The Morgan fingerprint density at radius 1 is 1.09 bits per heavy atom. The van der Waals surface area contributed by atoms with Gasteiger partial charge >= 0.3 is 12.1 Å². The number of likely N-dealkylation sites (tertiary alicyclic amines) is 1. The molecule has 0 aromatic heterocycles. The molecule has 0 N–H and O–H groups in total. The van der Waals surface area contributed by atoms with Gasteiger partial charge in [0.1, 0.15) is 17.0 Å². The third-order valence-corrected chi connectivity index (χ3v) is 3.62. The normalized spacial score (nSPS) is 17.8. The van der Waals surface area contributed by atoms with Crippen LogP contribution in [0.1, 0.15) is 60.3 Å². The molecule has 0 aliphatic carbocycles. The lowest BCUT2D eigenvalue weighted by Gasteiger charge is -2.41. The first-order chi connectivity index (χ1) is 10.0. The van der Waals surface area contributed by atoms with E-state index < -0.39 is 11.2 Å². The van der Waals surface area contributed by atoms with Crippen molar-refractivity contribution in [3.05, 3.63) is 0 Å². The zero-order valence-electron chi connectivity index (χ0n) is 14.2. The van der Waals surface area contributed by atoms with Gasteiger partial charge in [0.25, 0.3) is 0 Å². The second-order valence-electron chi connectivity index (χ2n) is 6.95. The summed E-state index contributed by atoms with van der Waals surface area (Å²) in [6.45, 7) is 9.29. The van der Waals surface area contributed by atoms with Crippen molar-refractivity contribution < 1.29 is 23.9 Å². The van der Waals surface area contributed by atoms with E-state index >= 15 is 0 Å². The Kier molecular flexibility index (Phi) is 5.97. The molecule has 0 radical (unpaired) electrons. The largest absolute Gasteiger partial charge is 0.459 e. The number of ketones is 1. The highest BCUT2D eigenvalue weighted by atomic mass is 16.6. The van der Waals surface area contributed by atoms with Crippen LogP contribution >= 0.6 is 0 Å². The van der Waals surface area contributed by atoms with Crippen LogP contribution in [0.15, 0.2) is 0 Å². The highest BCUT2D eigenvalue weighted by Crippen LogP contribution is 2.32. The van der Waals surface area contributed by atoms with Gasteiger partial charge in [-0.2, -0.15) is 0 Å². The summed E-state index contributed by atoms with van der Waals surface area (Å²) in [5, 5.41) is 0. The SMILES string of the molecule is CC(=O)CCC1(OC(C)=O)CCN(C(=O)OC(C)(C)C)CC1. The van der Waals surface area contributed by atoms with Crippen molar-refractivity contribution in [3.8, 4) is 0 Å². The highest BCUT2D eigenvalue weighted by molar-refractivity contribution is 5.75. The van der Waals surface area contributed by atoms with E-state index in [4.69, 9.17) is 9.47 Å². The fourth-order valence-corrected chi connectivity index (χ4v) is 2.54. The summed E-state index contributed by atoms with van der Waals surface area (Å²) in [5.41, 5.74) is -1.17. The molecule has 0 bridgehead atoms. The Balaban J connectivity index is 2.65. The minimum Gasteiger partial charge on any atom is -0.459 e. The number of rotatable bonds is 4. The van der Waals surface area contributed by atoms with Crippen molar-refractivity contribution in [2.24, 2.45) is 0 Å². The summed E-state index contributed by atoms with van der Waals surface area (Å²) in [6.07, 6.45) is 1.58. The van der Waals surface area contributed by atoms with Gasteiger partial charge in [-0.1, -0.05) is 0 Å². The van der Waals surface area contributed by atoms with E-state index in [9.17, 15) is 14.4 Å². The average Bonchev–Trinajstić information content (AvgIpc) is 2.34. The van der Waals surface area contributed by atoms with Crippen LogP contribution in [0, 0.1) is 0 Å². The second kappa shape index (κ2) is 7.11. The molecule has 6 nitrogen and oxygen atoms in total. The van der Waals surface area contributed by atoms with Gasteiger partial charge in [-0.15, -0.1) is 0 Å². The summed E-state index contributed by atoms with van der Waals surface area (Å²) >= 11 is 0. The van der Waals surface area contributed by atoms with Crippen LogP contribution in [0.3, 0.4) is 0 Å². The molecular formula is C16H27NO5. The fourth-order valence-electron chi connectivity index (χ4n) is 2.54. The number of nitrogens with zero attached hydrogens (tertiary/aromatic N) is 1. The molecular weight excluding hydrogens is 286 g/mol. The van der Waals surface area contributed by atoms with Gasteiger partial charge < -0.3 is 19.2 Å². The van der Waals surface area contributed by atoms with Crippen LogP contribution in [-0.2, 0) is 19.1 Å². The average molecular weight is 313 g/mol. The molecule has 0 spiro atoms. The first kappa shape index (κ1) is 18.5. The van der Waals surface area contributed by atoms with Gasteiger partial charge in [-0.25, -0.2) is 4.79 Å². The number of carbonyl (C=O) groups excluding carboxylic acids is 3. The molecule has 1 rings (SSSR count). The first-order valence-corrected chi connectivity index (χ1v) is 7.70. The predicted molar refractivity (Wildman–Crippen MR) is 81.5 cm³/mol. The van der Waals surface area contributed by atoms with E-state index in [-0.39, 0.29) is 17.8 Å². The van der Waals surface area contributed by atoms with Crippen LogP contribution in [0.4, 0.5) is 4.79 Å². The topological polar surface area (TPSA) is 72.9 Å². The Morgan fingerprint density at radius 2 is 1.64 bits per heavy atom. The third-order valence-electron chi connectivity index (χ3n) is 3.62. The summed E-state index contributed by atoms with van der Waals surface area (Å²) in [4.78, 5) is 36.3. The monoisotopic (exact) mass is 313 g/mol. The Labute approximate surface area is 132 Å². The lowest BCUT2D eigenvalue weighted by Crippen LogP contribution is -2.50. The van der Waals surface area contributed by atoms with Gasteiger partial charge in [-0.3, -0.25) is 4.79 Å². The van der Waals surface area contributed by atoms with Crippen LogP contribution in [0.5, 0.6) is 0 Å². The summed E-state index contributed by atoms with van der Waals surface area (Å²) in [6, 6.07) is 0. The van der Waals surface area contributed by atoms with E-state index in [1.807, 2.05) is 20.8 Å². The minimum absolute atomic E-state index is 0.0705. The molecule has 0 unspecified atom stereocenters. The van der Waals surface area contributed by atoms with E-state index in [0.29, 0.717) is 38.8 Å². The number of carbonyl (C=O) groups is 3. The number of Topliss-reactive ketones (excluding diaryl/α,β-unsaturated/α-hetero) is 1. The van der Waals surface area contributed by atoms with E-state index in [0.717, 1.165) is 0 Å². The number of hydrogen-bond donors (Lipinski definition) is 0. The molecule has 1 heterocycles. The number of amides is 1. The minimum atomic E-state index is -0.643. The molecule has 1 fully saturated rings. The smallest absolute Gasteiger partial charge is 0.410 e. The number of ether oxygens (including phenoxy) is 2. The summed E-state index contributed by atoms with van der Waals surface area (Å²) in [5.74, 6) is -0.282. The zero-order valence-corrected chi connectivity index (χ0v) is 14.2. The number of piperidine rings is 1. The van der Waals surface area contributed by atoms with Crippen LogP contribution in [0.25, 0.3) is 0 Å². The number of hydrogen-bond acceptors (Lipinski definition) is 5. The first-order valence-electron chi connectivity index (χ1n) is 7.70. The predicted octanol–water partition coefficient (Wildman–Crippen LogP) is 2.69. The van der Waals surface area contributed by atoms with Crippen LogP contribution < -0.4 is 0 Å². The molecule has 0 aromatic carbocycles. The van der Waals surface area contributed by atoms with Crippen LogP contribution in [-0.4, -0.2) is 47.0 Å². The van der Waals surface area contributed by atoms with Crippen molar-refractivity contribution >= 4 is 17.8 Å². The van der Waals surface area contributed by atoms with Crippen molar-refractivity contribution in [2.45, 2.75) is 71.5 Å². The summed E-state index contributed by atoms with van der Waals surface area (Å²) < 4.78 is 10.8. The molecule has 0 aromatic rings. The maximum atomic E-state index is 12.1. The van der Waals surface area contributed by atoms with Gasteiger partial charge in [0.2, 0.25) is 0 Å². The van der Waals surface area contributed by atoms with Crippen molar-refractivity contribution in [2.75, 3.05) is 13.1 Å². The maximum Gasteiger partial charge on any atom is 0.410 e. The van der Waals surface area contributed by atoms with Gasteiger partial charge in [0.15, 0.2) is 0 Å². The molecule has 126 valence electrons. The maximum absolute atomic E-state index is 12.1. The molecule has 1 amide bonds. The lowest BCUT2D eigenvalue weighted by molar-refractivity contribution is -0.163. The standard InChI is InChI=1S/C16H27NO5/c1-12(18)6-7-16(21-13(2)19)8-10-17(11-9-16)14(20)22-15(3,4)5/h6-11H2,1-5H3.